The van der Waals surface area contributed by atoms with Crippen molar-refractivity contribution in [1.82, 2.24) is 0 Å². The Morgan fingerprint density at radius 2 is 1.76 bits per heavy atom. The van der Waals surface area contributed by atoms with Crippen LogP contribution in [0.1, 0.15) is 18.1 Å². The van der Waals surface area contributed by atoms with Crippen LogP contribution in [-0.2, 0) is 14.3 Å². The van der Waals surface area contributed by atoms with E-state index >= 15 is 0 Å². The van der Waals surface area contributed by atoms with Crippen molar-refractivity contribution in [2.24, 2.45) is 0 Å². The number of carbonyl (C=O) groups excluding carboxylic acids is 2. The van der Waals surface area contributed by atoms with Gasteiger partial charge in [-0.05, 0) is 56.2 Å². The number of hydrogen-bond acceptors (Lipinski definition) is 4. The average molecular weight is 357 g/mol. The molecule has 0 aliphatic heterocycles. The molecule has 1 amide bonds. The van der Waals surface area contributed by atoms with Gasteiger partial charge in [-0.25, -0.2) is 0 Å². The Labute approximate surface area is 153 Å². The SMILES string of the molecule is CCOC(=O)CN(C(=O)CSc1ccc(C)c(C)c1)c1ccccc1. The molecule has 0 aliphatic rings. The maximum Gasteiger partial charge on any atom is 0.326 e. The van der Waals surface area contributed by atoms with Gasteiger partial charge < -0.3 is 9.64 Å². The van der Waals surface area contributed by atoms with E-state index in [-0.39, 0.29) is 18.2 Å². The summed E-state index contributed by atoms with van der Waals surface area (Å²) < 4.78 is 5.00. The van der Waals surface area contributed by atoms with Crippen LogP contribution in [0.15, 0.2) is 53.4 Å². The molecule has 0 heterocycles. The van der Waals surface area contributed by atoms with Gasteiger partial charge in [-0.15, -0.1) is 11.8 Å². The quantitative estimate of drug-likeness (QED) is 0.555. The first-order valence-electron chi connectivity index (χ1n) is 8.22. The van der Waals surface area contributed by atoms with E-state index in [2.05, 4.69) is 26.0 Å². The Kier molecular flexibility index (Phi) is 7.07. The van der Waals surface area contributed by atoms with Crippen LogP contribution in [0.3, 0.4) is 0 Å². The minimum Gasteiger partial charge on any atom is -0.465 e. The lowest BCUT2D eigenvalue weighted by Gasteiger charge is -2.21. The fourth-order valence-corrected chi connectivity index (χ4v) is 3.16. The van der Waals surface area contributed by atoms with E-state index in [4.69, 9.17) is 4.74 Å². The van der Waals surface area contributed by atoms with Crippen molar-refractivity contribution in [2.75, 3.05) is 23.8 Å². The van der Waals surface area contributed by atoms with E-state index in [9.17, 15) is 9.59 Å². The molecule has 2 aromatic carbocycles. The maximum absolute atomic E-state index is 12.7. The predicted molar refractivity (Wildman–Crippen MR) is 102 cm³/mol. The molecule has 0 fully saturated rings. The van der Waals surface area contributed by atoms with Crippen LogP contribution in [0.25, 0.3) is 0 Å². The van der Waals surface area contributed by atoms with E-state index in [0.29, 0.717) is 12.3 Å². The number of thioether (sulfide) groups is 1. The van der Waals surface area contributed by atoms with E-state index in [1.54, 1.807) is 6.92 Å². The Morgan fingerprint density at radius 1 is 1.04 bits per heavy atom. The third-order valence-electron chi connectivity index (χ3n) is 3.80. The van der Waals surface area contributed by atoms with Crippen LogP contribution in [-0.4, -0.2) is 30.8 Å². The Bertz CT molecular complexity index is 731. The molecule has 132 valence electrons. The number of anilines is 1. The van der Waals surface area contributed by atoms with Gasteiger partial charge in [0.1, 0.15) is 6.54 Å². The third kappa shape index (κ3) is 5.64. The van der Waals surface area contributed by atoms with Crippen molar-refractivity contribution in [2.45, 2.75) is 25.7 Å². The van der Waals surface area contributed by atoms with Gasteiger partial charge in [0.05, 0.1) is 12.4 Å². The number of para-hydroxylation sites is 1. The Balaban J connectivity index is 2.09. The number of nitrogens with zero attached hydrogens (tertiary/aromatic N) is 1. The fourth-order valence-electron chi connectivity index (χ4n) is 2.29. The van der Waals surface area contributed by atoms with Gasteiger partial charge in [-0.3, -0.25) is 9.59 Å². The minimum atomic E-state index is -0.407. The Morgan fingerprint density at radius 3 is 2.40 bits per heavy atom. The molecule has 0 saturated heterocycles. The van der Waals surface area contributed by atoms with Gasteiger partial charge >= 0.3 is 5.97 Å². The molecule has 2 rings (SSSR count). The summed E-state index contributed by atoms with van der Waals surface area (Å²) in [5, 5.41) is 0. The molecule has 0 bridgehead atoms. The molecular formula is C20H23NO3S. The lowest BCUT2D eigenvalue weighted by atomic mass is 10.1. The lowest BCUT2D eigenvalue weighted by Crippen LogP contribution is -2.37. The number of amides is 1. The smallest absolute Gasteiger partial charge is 0.326 e. The van der Waals surface area contributed by atoms with Crippen molar-refractivity contribution < 1.29 is 14.3 Å². The van der Waals surface area contributed by atoms with Crippen LogP contribution in [0.2, 0.25) is 0 Å². The first-order chi connectivity index (χ1) is 12.0. The summed E-state index contributed by atoms with van der Waals surface area (Å²) in [5.41, 5.74) is 3.12. The lowest BCUT2D eigenvalue weighted by molar-refractivity contribution is -0.142. The van der Waals surface area contributed by atoms with Crippen LogP contribution in [0.5, 0.6) is 0 Å². The third-order valence-corrected chi connectivity index (χ3v) is 4.78. The van der Waals surface area contributed by atoms with E-state index in [1.165, 1.54) is 27.8 Å². The summed E-state index contributed by atoms with van der Waals surface area (Å²) in [6.45, 7) is 6.09. The first-order valence-corrected chi connectivity index (χ1v) is 9.21. The zero-order valence-electron chi connectivity index (χ0n) is 14.8. The molecule has 0 spiro atoms. The second kappa shape index (κ2) is 9.28. The number of aryl methyl sites for hydroxylation is 2. The van der Waals surface area contributed by atoms with E-state index in [1.807, 2.05) is 36.4 Å². The number of hydrogen-bond donors (Lipinski definition) is 0. The Hall–Kier alpha value is -2.27. The number of esters is 1. The van der Waals surface area contributed by atoms with Gasteiger partial charge in [0.25, 0.3) is 0 Å². The summed E-state index contributed by atoms with van der Waals surface area (Å²) in [7, 11) is 0. The molecule has 0 aromatic heterocycles. The van der Waals surface area contributed by atoms with E-state index in [0.717, 1.165) is 4.90 Å². The maximum atomic E-state index is 12.7. The normalized spacial score (nSPS) is 10.4. The van der Waals surface area contributed by atoms with Crippen molar-refractivity contribution >= 4 is 29.3 Å². The summed E-state index contributed by atoms with van der Waals surface area (Å²) in [5.74, 6) is -0.269. The van der Waals surface area contributed by atoms with Gasteiger partial charge in [-0.2, -0.15) is 0 Å². The molecule has 4 nitrogen and oxygen atoms in total. The number of benzene rings is 2. The topological polar surface area (TPSA) is 46.6 Å². The highest BCUT2D eigenvalue weighted by molar-refractivity contribution is 8.00. The molecule has 25 heavy (non-hydrogen) atoms. The van der Waals surface area contributed by atoms with Crippen molar-refractivity contribution in [3.8, 4) is 0 Å². The van der Waals surface area contributed by atoms with Gasteiger partial charge in [-0.1, -0.05) is 24.3 Å². The van der Waals surface area contributed by atoms with Gasteiger partial charge in [0, 0.05) is 10.6 Å². The summed E-state index contributed by atoms with van der Waals surface area (Å²) in [6, 6.07) is 15.3. The van der Waals surface area contributed by atoms with Crippen LogP contribution < -0.4 is 4.90 Å². The van der Waals surface area contributed by atoms with Crippen molar-refractivity contribution in [3.05, 3.63) is 59.7 Å². The number of carbonyl (C=O) groups is 2. The first kappa shape index (κ1) is 19.1. The molecule has 0 aliphatic carbocycles. The standard InChI is InChI=1S/C20H23NO3S/c1-4-24-20(23)13-21(17-8-6-5-7-9-17)19(22)14-25-18-11-10-15(2)16(3)12-18/h5-12H,4,13-14H2,1-3H3. The van der Waals surface area contributed by atoms with Gasteiger partial charge in [0.15, 0.2) is 0 Å². The number of rotatable bonds is 7. The van der Waals surface area contributed by atoms with Crippen molar-refractivity contribution in [1.29, 1.82) is 0 Å². The van der Waals surface area contributed by atoms with Crippen LogP contribution in [0.4, 0.5) is 5.69 Å². The van der Waals surface area contributed by atoms with Crippen LogP contribution in [0, 0.1) is 13.8 Å². The molecule has 0 atom stereocenters. The highest BCUT2D eigenvalue weighted by Gasteiger charge is 2.20. The monoisotopic (exact) mass is 357 g/mol. The predicted octanol–water partition coefficient (Wildman–Crippen LogP) is 3.99. The van der Waals surface area contributed by atoms with Crippen molar-refractivity contribution in [3.63, 3.8) is 0 Å². The minimum absolute atomic E-state index is 0.0792. The fraction of sp³-hybridized carbons (Fsp3) is 0.300. The summed E-state index contributed by atoms with van der Waals surface area (Å²) >= 11 is 1.47. The molecule has 0 saturated carbocycles. The largest absolute Gasteiger partial charge is 0.465 e. The zero-order chi connectivity index (χ0) is 18.2. The number of ether oxygens (including phenoxy) is 1. The molecular weight excluding hydrogens is 334 g/mol. The van der Waals surface area contributed by atoms with Crippen LogP contribution >= 0.6 is 11.8 Å². The summed E-state index contributed by atoms with van der Waals surface area (Å²) in [6.07, 6.45) is 0. The average Bonchev–Trinajstić information content (AvgIpc) is 2.61. The van der Waals surface area contributed by atoms with E-state index < -0.39 is 5.97 Å². The van der Waals surface area contributed by atoms with Gasteiger partial charge in [0.2, 0.25) is 5.91 Å². The molecule has 0 N–H and O–H groups in total. The second-order valence-electron chi connectivity index (χ2n) is 5.66. The molecule has 5 heteroatoms. The highest BCUT2D eigenvalue weighted by atomic mass is 32.2. The zero-order valence-corrected chi connectivity index (χ0v) is 15.6. The molecule has 2 aromatic rings. The highest BCUT2D eigenvalue weighted by Crippen LogP contribution is 2.23. The molecule has 0 radical (unpaired) electrons. The summed E-state index contributed by atoms with van der Waals surface area (Å²) in [4.78, 5) is 27.1. The molecule has 0 unspecified atom stereocenters. The second-order valence-corrected chi connectivity index (χ2v) is 6.70.